The third-order valence-corrected chi connectivity index (χ3v) is 2.83. The van der Waals surface area contributed by atoms with Gasteiger partial charge in [-0.1, -0.05) is 13.0 Å². The quantitative estimate of drug-likeness (QED) is 0.840. The van der Waals surface area contributed by atoms with Crippen molar-refractivity contribution in [3.63, 3.8) is 0 Å². The topological polar surface area (TPSA) is 52.9 Å². The van der Waals surface area contributed by atoms with Crippen molar-refractivity contribution in [2.45, 2.75) is 26.4 Å². The number of nitrogens with zero attached hydrogens (tertiary/aromatic N) is 2. The highest BCUT2D eigenvalue weighted by Gasteiger charge is 2.06. The molecule has 2 rings (SSSR count). The molecule has 0 atom stereocenters. The summed E-state index contributed by atoms with van der Waals surface area (Å²) in [6.07, 6.45) is 4.38. The first kappa shape index (κ1) is 12.4. The molecule has 0 saturated carbocycles. The van der Waals surface area contributed by atoms with E-state index in [1.807, 2.05) is 6.92 Å². The molecule has 0 aliphatic rings. The molecule has 1 aromatic carbocycles. The summed E-state index contributed by atoms with van der Waals surface area (Å²) in [5, 5.41) is 0. The van der Waals surface area contributed by atoms with Gasteiger partial charge in [0.2, 0.25) is 0 Å². The fraction of sp³-hybridized carbons (Fsp3) is 0.308. The molecule has 2 aromatic rings. The average Bonchev–Trinajstić information content (AvgIpc) is 2.66. The smallest absolute Gasteiger partial charge is 0.328 e. The Hall–Kier alpha value is -2.04. The summed E-state index contributed by atoms with van der Waals surface area (Å²) < 4.78 is 16.1. The second-order valence-corrected chi connectivity index (χ2v) is 4.25. The predicted molar refractivity (Wildman–Crippen MR) is 68.9 cm³/mol. The lowest BCUT2D eigenvalue weighted by molar-refractivity contribution is 0.619. The van der Waals surface area contributed by atoms with Gasteiger partial charge in [-0.05, 0) is 24.1 Å². The van der Waals surface area contributed by atoms with E-state index in [4.69, 9.17) is 5.73 Å². The molecule has 0 spiro atoms. The summed E-state index contributed by atoms with van der Waals surface area (Å²) in [6, 6.07) is 4.22. The Morgan fingerprint density at radius 1 is 1.28 bits per heavy atom. The first-order valence-electron chi connectivity index (χ1n) is 5.91. The average molecular weight is 249 g/mol. The van der Waals surface area contributed by atoms with Crippen LogP contribution in [0, 0.1) is 5.82 Å². The molecule has 18 heavy (non-hydrogen) atoms. The number of aromatic nitrogens is 2. The lowest BCUT2D eigenvalue weighted by Gasteiger charge is -2.06. The molecule has 5 heteroatoms. The van der Waals surface area contributed by atoms with Crippen LogP contribution in [0.1, 0.15) is 18.9 Å². The number of nitrogen functional groups attached to an aromatic ring is 1. The largest absolute Gasteiger partial charge is 0.398 e. The second-order valence-electron chi connectivity index (χ2n) is 4.25. The normalized spacial score (nSPS) is 10.8. The summed E-state index contributed by atoms with van der Waals surface area (Å²) in [4.78, 5) is 12.0. The van der Waals surface area contributed by atoms with Crippen LogP contribution in [0.2, 0.25) is 0 Å². The molecule has 0 unspecified atom stereocenters. The number of halogens is 1. The zero-order valence-corrected chi connectivity index (χ0v) is 10.3. The molecule has 4 nitrogen and oxygen atoms in total. The Bertz CT molecular complexity index is 601. The first-order valence-corrected chi connectivity index (χ1v) is 5.91. The van der Waals surface area contributed by atoms with Crippen LogP contribution in [0.25, 0.3) is 0 Å². The van der Waals surface area contributed by atoms with Crippen molar-refractivity contribution in [2.75, 3.05) is 5.73 Å². The molecular weight excluding hydrogens is 233 g/mol. The van der Waals surface area contributed by atoms with E-state index >= 15 is 0 Å². The Morgan fingerprint density at radius 2 is 2.00 bits per heavy atom. The standard InChI is InChI=1S/C13H16FN3O/c1-2-5-16-6-7-17(13(16)18)9-10-3-4-11(14)8-12(10)15/h3-4,6-8H,2,5,9,15H2,1H3. The van der Waals surface area contributed by atoms with E-state index in [1.54, 1.807) is 27.6 Å². The number of hydrogen-bond acceptors (Lipinski definition) is 2. The molecule has 0 saturated heterocycles. The zero-order chi connectivity index (χ0) is 13.1. The number of anilines is 1. The third kappa shape index (κ3) is 2.45. The molecule has 1 aromatic heterocycles. The number of aryl methyl sites for hydroxylation is 1. The Morgan fingerprint density at radius 3 is 2.67 bits per heavy atom. The lowest BCUT2D eigenvalue weighted by Crippen LogP contribution is -2.24. The van der Waals surface area contributed by atoms with Crippen LogP contribution in [0.5, 0.6) is 0 Å². The van der Waals surface area contributed by atoms with Crippen LogP contribution in [-0.4, -0.2) is 9.13 Å². The third-order valence-electron chi connectivity index (χ3n) is 2.83. The number of rotatable bonds is 4. The van der Waals surface area contributed by atoms with Crippen molar-refractivity contribution in [3.05, 3.63) is 52.5 Å². The zero-order valence-electron chi connectivity index (χ0n) is 10.3. The monoisotopic (exact) mass is 249 g/mol. The van der Waals surface area contributed by atoms with E-state index < -0.39 is 0 Å². The molecule has 0 radical (unpaired) electrons. The number of imidazole rings is 1. The molecule has 96 valence electrons. The van der Waals surface area contributed by atoms with Gasteiger partial charge in [0.25, 0.3) is 0 Å². The van der Waals surface area contributed by atoms with Crippen molar-refractivity contribution < 1.29 is 4.39 Å². The number of hydrogen-bond donors (Lipinski definition) is 1. The maximum absolute atomic E-state index is 12.9. The Balaban J connectivity index is 2.26. The van der Waals surface area contributed by atoms with Gasteiger partial charge in [-0.25, -0.2) is 9.18 Å². The van der Waals surface area contributed by atoms with Crippen molar-refractivity contribution >= 4 is 5.69 Å². The highest BCUT2D eigenvalue weighted by atomic mass is 19.1. The molecular formula is C13H16FN3O. The first-order chi connectivity index (χ1) is 8.61. The molecule has 0 bridgehead atoms. The molecule has 0 aliphatic heterocycles. The van der Waals surface area contributed by atoms with E-state index in [0.717, 1.165) is 12.0 Å². The van der Waals surface area contributed by atoms with Crippen molar-refractivity contribution in [1.29, 1.82) is 0 Å². The fourth-order valence-corrected chi connectivity index (χ4v) is 1.88. The van der Waals surface area contributed by atoms with Crippen LogP contribution in [-0.2, 0) is 13.1 Å². The Kier molecular flexibility index (Phi) is 3.50. The summed E-state index contributed by atoms with van der Waals surface area (Å²) in [5.74, 6) is -0.368. The van der Waals surface area contributed by atoms with Crippen LogP contribution >= 0.6 is 0 Å². The van der Waals surface area contributed by atoms with Gasteiger partial charge in [-0.15, -0.1) is 0 Å². The van der Waals surface area contributed by atoms with E-state index in [0.29, 0.717) is 18.8 Å². The maximum atomic E-state index is 12.9. The van der Waals surface area contributed by atoms with Gasteiger partial charge in [0.05, 0.1) is 6.54 Å². The fourth-order valence-electron chi connectivity index (χ4n) is 1.88. The minimum atomic E-state index is -0.368. The van der Waals surface area contributed by atoms with E-state index in [1.165, 1.54) is 12.1 Å². The van der Waals surface area contributed by atoms with E-state index in [-0.39, 0.29) is 11.5 Å². The molecule has 0 aliphatic carbocycles. The maximum Gasteiger partial charge on any atom is 0.328 e. The molecule has 0 fully saturated rings. The number of benzene rings is 1. The van der Waals surface area contributed by atoms with E-state index in [9.17, 15) is 9.18 Å². The Labute approximate surface area is 104 Å². The van der Waals surface area contributed by atoms with Gasteiger partial charge in [0.1, 0.15) is 5.82 Å². The van der Waals surface area contributed by atoms with Gasteiger partial charge < -0.3 is 5.73 Å². The van der Waals surface area contributed by atoms with Gasteiger partial charge in [-0.3, -0.25) is 9.13 Å². The van der Waals surface area contributed by atoms with Crippen molar-refractivity contribution in [1.82, 2.24) is 9.13 Å². The van der Waals surface area contributed by atoms with Crippen molar-refractivity contribution in [3.8, 4) is 0 Å². The van der Waals surface area contributed by atoms with Crippen molar-refractivity contribution in [2.24, 2.45) is 0 Å². The van der Waals surface area contributed by atoms with Crippen LogP contribution < -0.4 is 11.4 Å². The van der Waals surface area contributed by atoms with Crippen LogP contribution in [0.4, 0.5) is 10.1 Å². The highest BCUT2D eigenvalue weighted by Crippen LogP contribution is 2.14. The predicted octanol–water partition coefficient (Wildman–Crippen LogP) is 1.83. The van der Waals surface area contributed by atoms with E-state index in [2.05, 4.69) is 0 Å². The van der Waals surface area contributed by atoms with Gasteiger partial charge in [0, 0.05) is 24.6 Å². The second kappa shape index (κ2) is 5.08. The minimum Gasteiger partial charge on any atom is -0.398 e. The summed E-state index contributed by atoms with van der Waals surface area (Å²) in [5.41, 5.74) is 6.76. The van der Waals surface area contributed by atoms with Gasteiger partial charge >= 0.3 is 5.69 Å². The highest BCUT2D eigenvalue weighted by molar-refractivity contribution is 5.46. The van der Waals surface area contributed by atoms with Crippen LogP contribution in [0.15, 0.2) is 35.4 Å². The lowest BCUT2D eigenvalue weighted by atomic mass is 10.2. The van der Waals surface area contributed by atoms with Gasteiger partial charge in [0.15, 0.2) is 0 Å². The minimum absolute atomic E-state index is 0.0689. The summed E-state index contributed by atoms with van der Waals surface area (Å²) >= 11 is 0. The number of nitrogens with two attached hydrogens (primary N) is 1. The molecule has 1 heterocycles. The summed E-state index contributed by atoms with van der Waals surface area (Å²) in [6.45, 7) is 3.08. The SMILES string of the molecule is CCCn1ccn(Cc2ccc(F)cc2N)c1=O. The molecule has 2 N–H and O–H groups in total. The molecule has 0 amide bonds. The summed E-state index contributed by atoms with van der Waals surface area (Å²) in [7, 11) is 0. The van der Waals surface area contributed by atoms with Crippen LogP contribution in [0.3, 0.4) is 0 Å². The van der Waals surface area contributed by atoms with Gasteiger partial charge in [-0.2, -0.15) is 0 Å².